The maximum Gasteiger partial charge on any atom is 0.178 e. The zero-order valence-electron chi connectivity index (χ0n) is 11.4. The number of para-hydroxylation sites is 2. The van der Waals surface area contributed by atoms with Gasteiger partial charge in [-0.2, -0.15) is 0 Å². The standard InChI is InChI=1S/C18H14N2S/c21-18-19-16-10-3-4-11-17(16)20(18)12-14-8-5-7-13-6-1-2-9-15(13)14/h1-11H,12H2,(H,19,21). The summed E-state index contributed by atoms with van der Waals surface area (Å²) in [5.74, 6) is 0. The van der Waals surface area contributed by atoms with E-state index in [0.717, 1.165) is 22.3 Å². The van der Waals surface area contributed by atoms with Gasteiger partial charge in [0.25, 0.3) is 0 Å². The van der Waals surface area contributed by atoms with Gasteiger partial charge in [0.2, 0.25) is 0 Å². The Morgan fingerprint density at radius 3 is 2.57 bits per heavy atom. The van der Waals surface area contributed by atoms with Crippen LogP contribution < -0.4 is 0 Å². The van der Waals surface area contributed by atoms with Crippen molar-refractivity contribution in [2.24, 2.45) is 0 Å². The highest BCUT2D eigenvalue weighted by molar-refractivity contribution is 7.71. The van der Waals surface area contributed by atoms with Crippen LogP contribution >= 0.6 is 12.2 Å². The van der Waals surface area contributed by atoms with E-state index in [1.54, 1.807) is 0 Å². The number of H-pyrrole nitrogens is 1. The van der Waals surface area contributed by atoms with Gasteiger partial charge in [-0.1, -0.05) is 54.6 Å². The monoisotopic (exact) mass is 290 g/mol. The van der Waals surface area contributed by atoms with Crippen LogP contribution in [-0.4, -0.2) is 9.55 Å². The van der Waals surface area contributed by atoms with Gasteiger partial charge in [-0.05, 0) is 40.7 Å². The summed E-state index contributed by atoms with van der Waals surface area (Å²) in [4.78, 5) is 3.27. The topological polar surface area (TPSA) is 20.7 Å². The van der Waals surface area contributed by atoms with Gasteiger partial charge in [0.1, 0.15) is 0 Å². The third-order valence-corrected chi connectivity index (χ3v) is 4.21. The first-order valence-corrected chi connectivity index (χ1v) is 7.38. The fourth-order valence-electron chi connectivity index (χ4n) is 2.86. The van der Waals surface area contributed by atoms with Gasteiger partial charge < -0.3 is 9.55 Å². The summed E-state index contributed by atoms with van der Waals surface area (Å²) in [6.45, 7) is 0.782. The molecule has 0 amide bonds. The number of fused-ring (bicyclic) bond motifs is 2. The molecule has 0 unspecified atom stereocenters. The van der Waals surface area contributed by atoms with Gasteiger partial charge in [-0.15, -0.1) is 0 Å². The second-order valence-electron chi connectivity index (χ2n) is 5.17. The lowest BCUT2D eigenvalue weighted by Crippen LogP contribution is -2.00. The van der Waals surface area contributed by atoms with E-state index in [-0.39, 0.29) is 0 Å². The van der Waals surface area contributed by atoms with E-state index in [4.69, 9.17) is 12.2 Å². The summed E-state index contributed by atoms with van der Waals surface area (Å²) in [6, 6.07) is 23.1. The summed E-state index contributed by atoms with van der Waals surface area (Å²) < 4.78 is 2.93. The molecule has 1 aromatic heterocycles. The van der Waals surface area contributed by atoms with Crippen LogP contribution in [0.4, 0.5) is 0 Å². The quantitative estimate of drug-likeness (QED) is 0.521. The minimum atomic E-state index is 0.768. The lowest BCUT2D eigenvalue weighted by molar-refractivity contribution is 0.816. The highest BCUT2D eigenvalue weighted by atomic mass is 32.1. The molecule has 0 saturated heterocycles. The zero-order chi connectivity index (χ0) is 14.2. The minimum Gasteiger partial charge on any atom is -0.331 e. The van der Waals surface area contributed by atoms with Crippen LogP contribution in [-0.2, 0) is 6.54 Å². The van der Waals surface area contributed by atoms with Crippen LogP contribution in [0.2, 0.25) is 0 Å². The van der Waals surface area contributed by atoms with Gasteiger partial charge in [-0.25, -0.2) is 0 Å². The molecule has 1 heterocycles. The summed E-state index contributed by atoms with van der Waals surface area (Å²) >= 11 is 5.48. The first kappa shape index (κ1) is 12.4. The highest BCUT2D eigenvalue weighted by Crippen LogP contribution is 2.22. The first-order chi connectivity index (χ1) is 10.3. The van der Waals surface area contributed by atoms with Crippen molar-refractivity contribution >= 4 is 34.0 Å². The fraction of sp³-hybridized carbons (Fsp3) is 0.0556. The Morgan fingerprint density at radius 2 is 1.62 bits per heavy atom. The number of nitrogens with one attached hydrogen (secondary N) is 1. The molecule has 2 nitrogen and oxygen atoms in total. The molecule has 0 bridgehead atoms. The molecule has 0 aliphatic carbocycles. The van der Waals surface area contributed by atoms with Crippen molar-refractivity contribution in [1.82, 2.24) is 9.55 Å². The third kappa shape index (κ3) is 2.06. The Kier molecular flexibility index (Phi) is 2.86. The van der Waals surface area contributed by atoms with Gasteiger partial charge in [0, 0.05) is 0 Å². The number of hydrogen-bond acceptors (Lipinski definition) is 1. The molecule has 1 N–H and O–H groups in total. The van der Waals surface area contributed by atoms with E-state index >= 15 is 0 Å². The smallest absolute Gasteiger partial charge is 0.178 e. The molecular formula is C18H14N2S. The minimum absolute atomic E-state index is 0.768. The van der Waals surface area contributed by atoms with E-state index in [0.29, 0.717) is 0 Å². The number of aromatic amines is 1. The van der Waals surface area contributed by atoms with E-state index in [1.165, 1.54) is 16.3 Å². The summed E-state index contributed by atoms with van der Waals surface area (Å²) in [7, 11) is 0. The Bertz CT molecular complexity index is 989. The largest absolute Gasteiger partial charge is 0.331 e. The third-order valence-electron chi connectivity index (χ3n) is 3.89. The molecule has 0 aliphatic heterocycles. The number of benzene rings is 3. The van der Waals surface area contributed by atoms with Gasteiger partial charge in [0.15, 0.2) is 4.77 Å². The van der Waals surface area contributed by atoms with Gasteiger partial charge in [0.05, 0.1) is 17.6 Å². The molecule has 0 saturated carbocycles. The van der Waals surface area contributed by atoms with Crippen LogP contribution in [0.5, 0.6) is 0 Å². The van der Waals surface area contributed by atoms with E-state index in [9.17, 15) is 0 Å². The number of rotatable bonds is 2. The van der Waals surface area contributed by atoms with Crippen molar-refractivity contribution in [3.63, 3.8) is 0 Å². The normalized spacial score (nSPS) is 11.2. The molecule has 0 atom stereocenters. The lowest BCUT2D eigenvalue weighted by atomic mass is 10.0. The number of hydrogen-bond donors (Lipinski definition) is 1. The van der Waals surface area contributed by atoms with E-state index < -0.39 is 0 Å². The zero-order valence-corrected chi connectivity index (χ0v) is 12.2. The molecule has 3 aromatic carbocycles. The fourth-order valence-corrected chi connectivity index (χ4v) is 3.14. The van der Waals surface area contributed by atoms with Crippen LogP contribution in [0, 0.1) is 4.77 Å². The Hall–Kier alpha value is -2.39. The second kappa shape index (κ2) is 4.86. The Balaban J connectivity index is 1.91. The lowest BCUT2D eigenvalue weighted by Gasteiger charge is -2.08. The van der Waals surface area contributed by atoms with Crippen molar-refractivity contribution < 1.29 is 0 Å². The number of aromatic nitrogens is 2. The number of nitrogens with zero attached hydrogens (tertiary/aromatic N) is 1. The second-order valence-corrected chi connectivity index (χ2v) is 5.56. The highest BCUT2D eigenvalue weighted by Gasteiger charge is 2.06. The van der Waals surface area contributed by atoms with Gasteiger partial charge in [-0.3, -0.25) is 0 Å². The van der Waals surface area contributed by atoms with Crippen LogP contribution in [0.25, 0.3) is 21.8 Å². The molecule has 102 valence electrons. The Morgan fingerprint density at radius 1 is 0.857 bits per heavy atom. The molecular weight excluding hydrogens is 276 g/mol. The van der Waals surface area contributed by atoms with Crippen LogP contribution in [0.3, 0.4) is 0 Å². The van der Waals surface area contributed by atoms with Crippen molar-refractivity contribution in [2.75, 3.05) is 0 Å². The maximum atomic E-state index is 5.48. The maximum absolute atomic E-state index is 5.48. The molecule has 0 spiro atoms. The predicted octanol–water partition coefficient (Wildman–Crippen LogP) is 4.90. The van der Waals surface area contributed by atoms with Crippen molar-refractivity contribution in [1.29, 1.82) is 0 Å². The molecule has 0 radical (unpaired) electrons. The van der Waals surface area contributed by atoms with Crippen molar-refractivity contribution in [3.05, 3.63) is 77.1 Å². The SMILES string of the molecule is S=c1[nH]c2ccccc2n1Cc1cccc2ccccc12. The summed E-state index contributed by atoms with van der Waals surface area (Å²) in [5, 5.41) is 2.55. The Labute approximate surface area is 127 Å². The summed E-state index contributed by atoms with van der Waals surface area (Å²) in [5.41, 5.74) is 3.52. The van der Waals surface area contributed by atoms with Crippen LogP contribution in [0.1, 0.15) is 5.56 Å². The number of imidazole rings is 1. The molecule has 4 rings (SSSR count). The molecule has 21 heavy (non-hydrogen) atoms. The van der Waals surface area contributed by atoms with Gasteiger partial charge >= 0.3 is 0 Å². The van der Waals surface area contributed by atoms with E-state index in [1.807, 2.05) is 12.1 Å². The van der Waals surface area contributed by atoms with E-state index in [2.05, 4.69) is 64.1 Å². The molecule has 4 aromatic rings. The van der Waals surface area contributed by atoms with Crippen molar-refractivity contribution in [3.8, 4) is 0 Å². The van der Waals surface area contributed by atoms with Crippen LogP contribution in [0.15, 0.2) is 66.7 Å². The summed E-state index contributed by atoms with van der Waals surface area (Å²) in [6.07, 6.45) is 0. The average Bonchev–Trinajstić information content (AvgIpc) is 2.84. The first-order valence-electron chi connectivity index (χ1n) is 6.97. The molecule has 0 fully saturated rings. The molecule has 0 aliphatic rings. The van der Waals surface area contributed by atoms with Crippen molar-refractivity contribution in [2.45, 2.75) is 6.54 Å². The predicted molar refractivity (Wildman–Crippen MR) is 90.2 cm³/mol. The average molecular weight is 290 g/mol. The molecule has 3 heteroatoms.